The van der Waals surface area contributed by atoms with Crippen molar-refractivity contribution in [3.05, 3.63) is 21.4 Å². The van der Waals surface area contributed by atoms with Crippen molar-refractivity contribution in [2.75, 3.05) is 20.6 Å². The average Bonchev–Trinajstić information content (AvgIpc) is 2.47. The number of carbonyl (C=O) groups is 1. The Bertz CT molecular complexity index is 371. The summed E-state index contributed by atoms with van der Waals surface area (Å²) in [4.78, 5) is 16.3. The van der Waals surface area contributed by atoms with E-state index in [1.165, 1.54) is 9.75 Å². The summed E-state index contributed by atoms with van der Waals surface area (Å²) in [6.07, 6.45) is 2.09. The molecule has 15 heavy (non-hydrogen) atoms. The summed E-state index contributed by atoms with van der Waals surface area (Å²) in [6, 6.07) is 2.04. The van der Waals surface area contributed by atoms with E-state index in [9.17, 15) is 4.79 Å². The number of aryl methyl sites for hydroxylation is 1. The molecular weight excluding hydrogens is 208 g/mol. The highest BCUT2D eigenvalue weighted by atomic mass is 32.1. The van der Waals surface area contributed by atoms with E-state index in [0.29, 0.717) is 0 Å². The fourth-order valence-corrected chi connectivity index (χ4v) is 3.12. The number of nitrogens with one attached hydrogen (secondary N) is 1. The van der Waals surface area contributed by atoms with Crippen LogP contribution in [-0.4, -0.2) is 31.4 Å². The molecule has 0 bridgehead atoms. The Morgan fingerprint density at radius 3 is 3.07 bits per heavy atom. The normalized spacial score (nSPS) is 16.1. The minimum Gasteiger partial charge on any atom is -0.352 e. The minimum absolute atomic E-state index is 0.101. The molecule has 0 saturated heterocycles. The SMILES string of the molecule is CN(C)Cc1cc2c(s1)CCCNC2=O. The van der Waals surface area contributed by atoms with Gasteiger partial charge in [-0.15, -0.1) is 11.3 Å². The van der Waals surface area contributed by atoms with E-state index in [4.69, 9.17) is 0 Å². The fraction of sp³-hybridized carbons (Fsp3) is 0.545. The van der Waals surface area contributed by atoms with E-state index in [-0.39, 0.29) is 5.91 Å². The molecule has 1 aromatic rings. The van der Waals surface area contributed by atoms with Crippen LogP contribution in [0, 0.1) is 0 Å². The van der Waals surface area contributed by atoms with Gasteiger partial charge in [0.05, 0.1) is 5.56 Å². The van der Waals surface area contributed by atoms with Crippen LogP contribution in [0.3, 0.4) is 0 Å². The monoisotopic (exact) mass is 224 g/mol. The van der Waals surface area contributed by atoms with Gasteiger partial charge >= 0.3 is 0 Å². The summed E-state index contributed by atoms with van der Waals surface area (Å²) >= 11 is 1.78. The second-order valence-corrected chi connectivity index (χ2v) is 5.37. The Morgan fingerprint density at radius 1 is 1.53 bits per heavy atom. The van der Waals surface area contributed by atoms with Crippen LogP contribution in [0.25, 0.3) is 0 Å². The van der Waals surface area contributed by atoms with Crippen molar-refractivity contribution in [2.45, 2.75) is 19.4 Å². The van der Waals surface area contributed by atoms with Gasteiger partial charge in [-0.25, -0.2) is 0 Å². The molecule has 2 heterocycles. The molecule has 0 aliphatic carbocycles. The third kappa shape index (κ3) is 2.38. The molecule has 2 rings (SSSR count). The van der Waals surface area contributed by atoms with E-state index in [0.717, 1.165) is 31.5 Å². The van der Waals surface area contributed by atoms with Crippen molar-refractivity contribution in [3.63, 3.8) is 0 Å². The van der Waals surface area contributed by atoms with Gasteiger partial charge in [0.25, 0.3) is 5.91 Å². The summed E-state index contributed by atoms with van der Waals surface area (Å²) in [5, 5.41) is 2.92. The molecular formula is C11H16N2OS. The first-order valence-electron chi connectivity index (χ1n) is 5.21. The molecule has 1 aliphatic rings. The zero-order valence-corrected chi connectivity index (χ0v) is 9.99. The molecule has 4 heteroatoms. The zero-order chi connectivity index (χ0) is 10.8. The Kier molecular flexibility index (Phi) is 3.07. The van der Waals surface area contributed by atoms with Gasteiger partial charge in [0, 0.05) is 22.8 Å². The van der Waals surface area contributed by atoms with E-state index >= 15 is 0 Å². The van der Waals surface area contributed by atoms with Gasteiger partial charge < -0.3 is 10.2 Å². The highest BCUT2D eigenvalue weighted by Gasteiger charge is 2.18. The maximum atomic E-state index is 11.7. The predicted molar refractivity (Wildman–Crippen MR) is 62.4 cm³/mol. The van der Waals surface area contributed by atoms with Crippen LogP contribution < -0.4 is 5.32 Å². The molecule has 1 aromatic heterocycles. The number of amides is 1. The maximum Gasteiger partial charge on any atom is 0.252 e. The summed E-state index contributed by atoms with van der Waals surface area (Å²) < 4.78 is 0. The molecule has 0 radical (unpaired) electrons. The summed E-state index contributed by atoms with van der Waals surface area (Å²) in [5.41, 5.74) is 0.898. The summed E-state index contributed by atoms with van der Waals surface area (Å²) in [7, 11) is 4.09. The van der Waals surface area contributed by atoms with Crippen molar-refractivity contribution in [1.29, 1.82) is 0 Å². The second-order valence-electron chi connectivity index (χ2n) is 4.15. The molecule has 3 nitrogen and oxygen atoms in total. The number of fused-ring (bicyclic) bond motifs is 1. The van der Waals surface area contributed by atoms with Crippen LogP contribution in [0.4, 0.5) is 0 Å². The molecule has 1 N–H and O–H groups in total. The van der Waals surface area contributed by atoms with Gasteiger partial charge in [-0.3, -0.25) is 4.79 Å². The highest BCUT2D eigenvalue weighted by Crippen LogP contribution is 2.26. The van der Waals surface area contributed by atoms with Gasteiger partial charge in [0.2, 0.25) is 0 Å². The zero-order valence-electron chi connectivity index (χ0n) is 9.17. The fourth-order valence-electron chi connectivity index (χ4n) is 1.80. The first kappa shape index (κ1) is 10.6. The first-order chi connectivity index (χ1) is 7.16. The predicted octanol–water partition coefficient (Wildman–Crippen LogP) is 1.49. The molecule has 82 valence electrons. The standard InChI is InChI=1S/C11H16N2OS/c1-13(2)7-8-6-9-10(15-8)4-3-5-12-11(9)14/h6H,3-5,7H2,1-2H3,(H,12,14). The van der Waals surface area contributed by atoms with Crippen LogP contribution in [0.1, 0.15) is 26.5 Å². The molecule has 0 saturated carbocycles. The van der Waals surface area contributed by atoms with Crippen LogP contribution >= 0.6 is 11.3 Å². The molecule has 0 spiro atoms. The topological polar surface area (TPSA) is 32.3 Å². The van der Waals surface area contributed by atoms with Crippen LogP contribution in [0.5, 0.6) is 0 Å². The molecule has 0 atom stereocenters. The first-order valence-corrected chi connectivity index (χ1v) is 6.03. The lowest BCUT2D eigenvalue weighted by atomic mass is 10.2. The second kappa shape index (κ2) is 4.33. The van der Waals surface area contributed by atoms with E-state index in [1.54, 1.807) is 11.3 Å². The molecule has 0 unspecified atom stereocenters. The van der Waals surface area contributed by atoms with Crippen LogP contribution in [-0.2, 0) is 13.0 Å². The Labute approximate surface area is 94.1 Å². The van der Waals surface area contributed by atoms with Crippen molar-refractivity contribution in [2.24, 2.45) is 0 Å². The van der Waals surface area contributed by atoms with Gasteiger partial charge in [0.15, 0.2) is 0 Å². The third-order valence-corrected chi connectivity index (χ3v) is 3.62. The summed E-state index contributed by atoms with van der Waals surface area (Å²) in [6.45, 7) is 1.73. The third-order valence-electron chi connectivity index (χ3n) is 2.44. The Hall–Kier alpha value is -0.870. The van der Waals surface area contributed by atoms with E-state index < -0.39 is 0 Å². The Balaban J connectivity index is 2.25. The van der Waals surface area contributed by atoms with Crippen LogP contribution in [0.15, 0.2) is 6.07 Å². The van der Waals surface area contributed by atoms with Crippen molar-refractivity contribution < 1.29 is 4.79 Å². The van der Waals surface area contributed by atoms with Crippen molar-refractivity contribution >= 4 is 17.2 Å². The van der Waals surface area contributed by atoms with E-state index in [1.807, 2.05) is 20.2 Å². The van der Waals surface area contributed by atoms with Gasteiger partial charge in [0.1, 0.15) is 0 Å². The largest absolute Gasteiger partial charge is 0.352 e. The lowest BCUT2D eigenvalue weighted by Gasteiger charge is -2.06. The molecule has 0 aromatic carbocycles. The number of hydrogen-bond acceptors (Lipinski definition) is 3. The molecule has 1 aliphatic heterocycles. The smallest absolute Gasteiger partial charge is 0.252 e. The minimum atomic E-state index is 0.101. The number of carbonyl (C=O) groups excluding carboxylic acids is 1. The number of nitrogens with zero attached hydrogens (tertiary/aromatic N) is 1. The lowest BCUT2D eigenvalue weighted by Crippen LogP contribution is -2.22. The van der Waals surface area contributed by atoms with Crippen molar-refractivity contribution in [3.8, 4) is 0 Å². The number of thiophene rings is 1. The van der Waals surface area contributed by atoms with E-state index in [2.05, 4.69) is 10.2 Å². The quantitative estimate of drug-likeness (QED) is 0.825. The lowest BCUT2D eigenvalue weighted by molar-refractivity contribution is 0.0956. The molecule has 1 amide bonds. The molecule has 0 fully saturated rings. The summed E-state index contributed by atoms with van der Waals surface area (Å²) in [5.74, 6) is 0.101. The van der Waals surface area contributed by atoms with Crippen LogP contribution in [0.2, 0.25) is 0 Å². The Morgan fingerprint density at radius 2 is 2.33 bits per heavy atom. The van der Waals surface area contributed by atoms with Gasteiger partial charge in [-0.2, -0.15) is 0 Å². The van der Waals surface area contributed by atoms with Gasteiger partial charge in [-0.05, 0) is 33.0 Å². The van der Waals surface area contributed by atoms with Gasteiger partial charge in [-0.1, -0.05) is 0 Å². The average molecular weight is 224 g/mol. The van der Waals surface area contributed by atoms with Crippen molar-refractivity contribution in [1.82, 2.24) is 10.2 Å². The maximum absolute atomic E-state index is 11.7. The number of rotatable bonds is 2. The number of hydrogen-bond donors (Lipinski definition) is 1. The highest BCUT2D eigenvalue weighted by molar-refractivity contribution is 7.12.